The minimum atomic E-state index is 0.563. The van der Waals surface area contributed by atoms with E-state index in [1.54, 1.807) is 0 Å². The van der Waals surface area contributed by atoms with Crippen LogP contribution in [0.3, 0.4) is 0 Å². The van der Waals surface area contributed by atoms with Crippen LogP contribution in [0.5, 0.6) is 11.5 Å². The lowest BCUT2D eigenvalue weighted by Gasteiger charge is -2.18. The highest BCUT2D eigenvalue weighted by molar-refractivity contribution is 7.16. The SMILES string of the molecule is CCc1c(-c2ccc3c(c2)OCCO3)sc(C#N)c1N. The third-order valence-corrected chi connectivity index (χ3v) is 4.51. The maximum Gasteiger partial charge on any atom is 0.162 e. The number of anilines is 1. The molecule has 0 atom stereocenters. The molecular weight excluding hydrogens is 272 g/mol. The summed E-state index contributed by atoms with van der Waals surface area (Å²) in [5.41, 5.74) is 8.68. The van der Waals surface area contributed by atoms with Crippen LogP contribution in [0.2, 0.25) is 0 Å². The van der Waals surface area contributed by atoms with Crippen LogP contribution in [0.1, 0.15) is 17.4 Å². The molecule has 2 aromatic rings. The summed E-state index contributed by atoms with van der Waals surface area (Å²) in [6.45, 7) is 3.19. The molecule has 1 aromatic carbocycles. The van der Waals surface area contributed by atoms with Crippen molar-refractivity contribution in [2.45, 2.75) is 13.3 Å². The molecular formula is C15H14N2O2S. The molecule has 1 aromatic heterocycles. The molecule has 2 N–H and O–H groups in total. The lowest BCUT2D eigenvalue weighted by Crippen LogP contribution is -2.15. The van der Waals surface area contributed by atoms with Crippen molar-refractivity contribution in [3.63, 3.8) is 0 Å². The molecule has 102 valence electrons. The minimum absolute atomic E-state index is 0.563. The molecule has 0 aliphatic carbocycles. The van der Waals surface area contributed by atoms with E-state index in [4.69, 9.17) is 20.5 Å². The highest BCUT2D eigenvalue weighted by Crippen LogP contribution is 2.42. The van der Waals surface area contributed by atoms with Crippen molar-refractivity contribution in [2.24, 2.45) is 0 Å². The van der Waals surface area contributed by atoms with E-state index in [2.05, 4.69) is 6.07 Å². The Balaban J connectivity index is 2.11. The van der Waals surface area contributed by atoms with E-state index >= 15 is 0 Å². The number of hydrogen-bond acceptors (Lipinski definition) is 5. The number of hydrogen-bond donors (Lipinski definition) is 1. The van der Waals surface area contributed by atoms with Gasteiger partial charge in [-0.25, -0.2) is 0 Å². The lowest BCUT2D eigenvalue weighted by atomic mass is 10.1. The van der Waals surface area contributed by atoms with E-state index in [0.29, 0.717) is 23.8 Å². The average molecular weight is 286 g/mol. The van der Waals surface area contributed by atoms with Gasteiger partial charge in [-0.2, -0.15) is 5.26 Å². The number of nitriles is 1. The molecule has 3 rings (SSSR count). The van der Waals surface area contributed by atoms with Crippen molar-refractivity contribution in [3.05, 3.63) is 28.6 Å². The van der Waals surface area contributed by atoms with Crippen molar-refractivity contribution in [2.75, 3.05) is 18.9 Å². The third-order valence-electron chi connectivity index (χ3n) is 3.31. The van der Waals surface area contributed by atoms with Gasteiger partial charge in [0, 0.05) is 4.88 Å². The number of nitrogen functional groups attached to an aromatic ring is 1. The number of benzene rings is 1. The number of ether oxygens (including phenoxy) is 2. The first-order valence-corrected chi connectivity index (χ1v) is 7.27. The molecule has 0 fully saturated rings. The van der Waals surface area contributed by atoms with Gasteiger partial charge in [0.15, 0.2) is 11.5 Å². The molecule has 20 heavy (non-hydrogen) atoms. The van der Waals surface area contributed by atoms with Crippen molar-refractivity contribution >= 4 is 17.0 Å². The second kappa shape index (κ2) is 5.06. The van der Waals surface area contributed by atoms with Gasteiger partial charge in [0.05, 0.1) is 5.69 Å². The number of thiophene rings is 1. The lowest BCUT2D eigenvalue weighted by molar-refractivity contribution is 0.171. The monoisotopic (exact) mass is 286 g/mol. The highest BCUT2D eigenvalue weighted by atomic mass is 32.1. The zero-order chi connectivity index (χ0) is 14.1. The summed E-state index contributed by atoms with van der Waals surface area (Å²) >= 11 is 1.43. The highest BCUT2D eigenvalue weighted by Gasteiger charge is 2.18. The van der Waals surface area contributed by atoms with Crippen molar-refractivity contribution < 1.29 is 9.47 Å². The van der Waals surface area contributed by atoms with Gasteiger partial charge in [0.25, 0.3) is 0 Å². The Hall–Kier alpha value is -2.19. The number of rotatable bonds is 2. The van der Waals surface area contributed by atoms with Crippen molar-refractivity contribution in [1.29, 1.82) is 5.26 Å². The molecule has 0 radical (unpaired) electrons. The standard InChI is InChI=1S/C15H14N2O2S/c1-2-10-14(17)13(8-16)20-15(10)9-3-4-11-12(7-9)19-6-5-18-11/h3-4,7H,2,5-6,17H2,1H3. The van der Waals surface area contributed by atoms with Crippen LogP contribution < -0.4 is 15.2 Å². The molecule has 2 heterocycles. The molecule has 1 aliphatic heterocycles. The minimum Gasteiger partial charge on any atom is -0.486 e. The normalized spacial score (nSPS) is 13.0. The first-order chi connectivity index (χ1) is 9.74. The topological polar surface area (TPSA) is 68.3 Å². The molecule has 4 nitrogen and oxygen atoms in total. The number of nitrogens with zero attached hydrogens (tertiary/aromatic N) is 1. The summed E-state index contributed by atoms with van der Waals surface area (Å²) in [7, 11) is 0. The Morgan fingerprint density at radius 1 is 1.30 bits per heavy atom. The quantitative estimate of drug-likeness (QED) is 0.920. The van der Waals surface area contributed by atoms with Crippen LogP contribution in [0, 0.1) is 11.3 Å². The molecule has 0 saturated carbocycles. The second-order valence-corrected chi connectivity index (χ2v) is 5.50. The fourth-order valence-corrected chi connectivity index (χ4v) is 3.44. The van der Waals surface area contributed by atoms with E-state index in [1.165, 1.54) is 11.3 Å². The molecule has 0 unspecified atom stereocenters. The molecule has 0 amide bonds. The van der Waals surface area contributed by atoms with Gasteiger partial charge in [-0.3, -0.25) is 0 Å². The van der Waals surface area contributed by atoms with Gasteiger partial charge < -0.3 is 15.2 Å². The van der Waals surface area contributed by atoms with E-state index in [1.807, 2.05) is 25.1 Å². The average Bonchev–Trinajstić information content (AvgIpc) is 2.82. The maximum atomic E-state index is 9.13. The Morgan fingerprint density at radius 3 is 2.75 bits per heavy atom. The zero-order valence-corrected chi connectivity index (χ0v) is 11.9. The molecule has 0 saturated heterocycles. The van der Waals surface area contributed by atoms with E-state index in [9.17, 15) is 0 Å². The Morgan fingerprint density at radius 2 is 2.05 bits per heavy atom. The maximum absolute atomic E-state index is 9.13. The fraction of sp³-hybridized carbons (Fsp3) is 0.267. The van der Waals surface area contributed by atoms with E-state index < -0.39 is 0 Å². The fourth-order valence-electron chi connectivity index (χ4n) is 2.33. The summed E-state index contributed by atoms with van der Waals surface area (Å²) in [5.74, 6) is 1.52. The predicted octanol–water partition coefficient (Wildman–Crippen LogP) is 3.20. The summed E-state index contributed by atoms with van der Waals surface area (Å²) in [4.78, 5) is 1.62. The van der Waals surface area contributed by atoms with Crippen LogP contribution in [0.15, 0.2) is 18.2 Å². The van der Waals surface area contributed by atoms with E-state index in [0.717, 1.165) is 33.9 Å². The Labute approximate surface area is 121 Å². The largest absolute Gasteiger partial charge is 0.486 e. The third kappa shape index (κ3) is 1.98. The smallest absolute Gasteiger partial charge is 0.162 e. The molecule has 0 bridgehead atoms. The molecule has 0 spiro atoms. The number of nitrogens with two attached hydrogens (primary N) is 1. The summed E-state index contributed by atoms with van der Waals surface area (Å²) in [5, 5.41) is 9.13. The Bertz CT molecular complexity index is 701. The van der Waals surface area contributed by atoms with Gasteiger partial charge in [-0.15, -0.1) is 11.3 Å². The Kier molecular flexibility index (Phi) is 3.25. The van der Waals surface area contributed by atoms with Crippen LogP contribution in [-0.2, 0) is 6.42 Å². The van der Waals surface area contributed by atoms with Gasteiger partial charge in [-0.05, 0) is 35.7 Å². The van der Waals surface area contributed by atoms with Crippen LogP contribution in [-0.4, -0.2) is 13.2 Å². The van der Waals surface area contributed by atoms with Gasteiger partial charge in [0.1, 0.15) is 24.2 Å². The first kappa shape index (κ1) is 12.8. The van der Waals surface area contributed by atoms with Crippen molar-refractivity contribution in [3.8, 4) is 28.0 Å². The molecule has 5 heteroatoms. The molecule has 1 aliphatic rings. The zero-order valence-electron chi connectivity index (χ0n) is 11.1. The summed E-state index contributed by atoms with van der Waals surface area (Å²) in [6, 6.07) is 8.01. The van der Waals surface area contributed by atoms with Crippen LogP contribution in [0.25, 0.3) is 10.4 Å². The van der Waals surface area contributed by atoms with Gasteiger partial charge in [-0.1, -0.05) is 6.92 Å². The predicted molar refractivity (Wildman–Crippen MR) is 79.3 cm³/mol. The van der Waals surface area contributed by atoms with Gasteiger partial charge >= 0.3 is 0 Å². The van der Waals surface area contributed by atoms with E-state index in [-0.39, 0.29) is 0 Å². The summed E-state index contributed by atoms with van der Waals surface area (Å²) < 4.78 is 11.1. The second-order valence-electron chi connectivity index (χ2n) is 4.48. The first-order valence-electron chi connectivity index (χ1n) is 6.45. The summed E-state index contributed by atoms with van der Waals surface area (Å²) in [6.07, 6.45) is 0.799. The van der Waals surface area contributed by atoms with Crippen molar-refractivity contribution in [1.82, 2.24) is 0 Å². The van der Waals surface area contributed by atoms with Crippen LogP contribution in [0.4, 0.5) is 5.69 Å². The number of fused-ring (bicyclic) bond motifs is 1. The van der Waals surface area contributed by atoms with Crippen LogP contribution >= 0.6 is 11.3 Å². The van der Waals surface area contributed by atoms with Gasteiger partial charge in [0.2, 0.25) is 0 Å².